The van der Waals surface area contributed by atoms with E-state index in [0.717, 1.165) is 28.0 Å². The molecule has 130 valence electrons. The zero-order chi connectivity index (χ0) is 18.1. The minimum Gasteiger partial charge on any atom is -0.481 e. The van der Waals surface area contributed by atoms with Gasteiger partial charge in [-0.2, -0.15) is 0 Å². The number of aliphatic hydroxyl groups excluding tert-OH is 1. The number of imidazole rings is 1. The lowest BCUT2D eigenvalue weighted by molar-refractivity contribution is 0.180. The van der Waals surface area contributed by atoms with Crippen molar-refractivity contribution in [1.29, 1.82) is 0 Å². The number of fused-ring (bicyclic) bond motifs is 1. The molecule has 3 N–H and O–H groups in total. The summed E-state index contributed by atoms with van der Waals surface area (Å²) in [5, 5.41) is 9.76. The number of methoxy groups -OCH3 is 1. The van der Waals surface area contributed by atoms with Gasteiger partial charge in [-0.1, -0.05) is 30.3 Å². The van der Waals surface area contributed by atoms with E-state index in [1.807, 2.05) is 60.8 Å². The zero-order valence-corrected chi connectivity index (χ0v) is 14.2. The third kappa shape index (κ3) is 2.81. The van der Waals surface area contributed by atoms with E-state index >= 15 is 0 Å². The summed E-state index contributed by atoms with van der Waals surface area (Å²) in [7, 11) is 1.60. The molecule has 0 spiro atoms. The van der Waals surface area contributed by atoms with Crippen LogP contribution in [0.15, 0.2) is 67.0 Å². The molecule has 0 aliphatic carbocycles. The first-order valence-corrected chi connectivity index (χ1v) is 8.19. The summed E-state index contributed by atoms with van der Waals surface area (Å²) >= 11 is 0. The van der Waals surface area contributed by atoms with Gasteiger partial charge in [0.05, 0.1) is 24.7 Å². The van der Waals surface area contributed by atoms with Crippen LogP contribution in [-0.2, 0) is 0 Å². The average molecular weight is 346 g/mol. The summed E-state index contributed by atoms with van der Waals surface area (Å²) in [6, 6.07) is 17.6. The standard InChI is InChI=1S/C20H18N4O2/c1-26-19-8-4-7-16(23-19)15-6-3-2-5-14(15)13-9-10-18-22-11-17(20(21)25)24(18)12-13/h2-12,20,25H,21H2,1H3. The molecule has 0 amide bonds. The highest BCUT2D eigenvalue weighted by Crippen LogP contribution is 2.32. The molecule has 26 heavy (non-hydrogen) atoms. The molecule has 0 bridgehead atoms. The van der Waals surface area contributed by atoms with Gasteiger partial charge in [-0.15, -0.1) is 0 Å². The van der Waals surface area contributed by atoms with Crippen molar-refractivity contribution in [3.8, 4) is 28.3 Å². The number of ether oxygens (including phenoxy) is 1. The quantitative estimate of drug-likeness (QED) is 0.555. The fourth-order valence-electron chi connectivity index (χ4n) is 3.01. The molecule has 1 atom stereocenters. The maximum absolute atomic E-state index is 9.76. The van der Waals surface area contributed by atoms with Gasteiger partial charge in [-0.05, 0) is 29.3 Å². The van der Waals surface area contributed by atoms with Crippen molar-refractivity contribution in [3.63, 3.8) is 0 Å². The van der Waals surface area contributed by atoms with Gasteiger partial charge in [-0.25, -0.2) is 9.97 Å². The van der Waals surface area contributed by atoms with Crippen LogP contribution >= 0.6 is 0 Å². The van der Waals surface area contributed by atoms with Crippen LogP contribution in [0.2, 0.25) is 0 Å². The number of rotatable bonds is 4. The van der Waals surface area contributed by atoms with Crippen molar-refractivity contribution in [2.24, 2.45) is 5.73 Å². The smallest absolute Gasteiger partial charge is 0.213 e. The Morgan fingerprint density at radius 3 is 2.62 bits per heavy atom. The third-order valence-electron chi connectivity index (χ3n) is 4.28. The van der Waals surface area contributed by atoms with Gasteiger partial charge in [0.1, 0.15) is 11.9 Å². The van der Waals surface area contributed by atoms with Crippen LogP contribution in [0.3, 0.4) is 0 Å². The van der Waals surface area contributed by atoms with Crippen molar-refractivity contribution in [2.75, 3.05) is 7.11 Å². The number of aliphatic hydroxyl groups is 1. The summed E-state index contributed by atoms with van der Waals surface area (Å²) in [5.41, 5.74) is 10.7. The Labute approximate surface area is 150 Å². The van der Waals surface area contributed by atoms with Gasteiger partial charge in [0.2, 0.25) is 5.88 Å². The molecule has 6 nitrogen and oxygen atoms in total. The van der Waals surface area contributed by atoms with E-state index in [-0.39, 0.29) is 0 Å². The Morgan fingerprint density at radius 1 is 1.04 bits per heavy atom. The monoisotopic (exact) mass is 346 g/mol. The Morgan fingerprint density at radius 2 is 1.85 bits per heavy atom. The molecule has 1 aromatic carbocycles. The summed E-state index contributed by atoms with van der Waals surface area (Å²) in [6.07, 6.45) is 2.42. The maximum atomic E-state index is 9.76. The summed E-state index contributed by atoms with van der Waals surface area (Å²) in [5.74, 6) is 0.566. The van der Waals surface area contributed by atoms with Crippen LogP contribution in [0.5, 0.6) is 5.88 Å². The van der Waals surface area contributed by atoms with E-state index in [1.165, 1.54) is 0 Å². The van der Waals surface area contributed by atoms with E-state index in [0.29, 0.717) is 11.6 Å². The summed E-state index contributed by atoms with van der Waals surface area (Å²) in [4.78, 5) is 8.82. The molecule has 3 aromatic heterocycles. The Bertz CT molecular complexity index is 1070. The van der Waals surface area contributed by atoms with Crippen molar-refractivity contribution in [2.45, 2.75) is 6.23 Å². The highest BCUT2D eigenvalue weighted by molar-refractivity contribution is 5.82. The first-order chi connectivity index (χ1) is 12.7. The molecule has 0 fully saturated rings. The predicted octanol–water partition coefficient (Wildman–Crippen LogP) is 3.02. The third-order valence-corrected chi connectivity index (χ3v) is 4.28. The first-order valence-electron chi connectivity index (χ1n) is 8.19. The lowest BCUT2D eigenvalue weighted by atomic mass is 9.98. The Balaban J connectivity index is 1.88. The molecule has 0 saturated heterocycles. The Hall–Kier alpha value is -3.22. The second-order valence-electron chi connectivity index (χ2n) is 5.88. The second kappa shape index (κ2) is 6.59. The normalized spacial score (nSPS) is 12.3. The van der Waals surface area contributed by atoms with Crippen molar-refractivity contribution in [1.82, 2.24) is 14.4 Å². The summed E-state index contributed by atoms with van der Waals surface area (Å²) < 4.78 is 7.05. The fourth-order valence-corrected chi connectivity index (χ4v) is 3.01. The van der Waals surface area contributed by atoms with Gasteiger partial charge in [0.15, 0.2) is 0 Å². The van der Waals surface area contributed by atoms with Crippen LogP contribution in [0.25, 0.3) is 28.0 Å². The largest absolute Gasteiger partial charge is 0.481 e. The molecule has 4 rings (SSSR count). The van der Waals surface area contributed by atoms with Crippen LogP contribution in [0.1, 0.15) is 11.9 Å². The predicted molar refractivity (Wildman–Crippen MR) is 99.6 cm³/mol. The maximum Gasteiger partial charge on any atom is 0.213 e. The topological polar surface area (TPSA) is 85.7 Å². The highest BCUT2D eigenvalue weighted by Gasteiger charge is 2.13. The van der Waals surface area contributed by atoms with Crippen LogP contribution < -0.4 is 10.5 Å². The average Bonchev–Trinajstić information content (AvgIpc) is 3.11. The molecule has 4 aromatic rings. The number of hydrogen-bond acceptors (Lipinski definition) is 5. The second-order valence-corrected chi connectivity index (χ2v) is 5.88. The SMILES string of the molecule is COc1cccc(-c2ccccc2-c2ccc3ncc(C(N)O)n3c2)n1. The molecule has 0 saturated carbocycles. The molecule has 3 heterocycles. The minimum absolute atomic E-state index is 0.541. The summed E-state index contributed by atoms with van der Waals surface area (Å²) in [6.45, 7) is 0. The molecular formula is C20H18N4O2. The number of nitrogens with zero attached hydrogens (tertiary/aromatic N) is 3. The number of nitrogens with two attached hydrogens (primary N) is 1. The zero-order valence-electron chi connectivity index (χ0n) is 14.2. The lowest BCUT2D eigenvalue weighted by Gasteiger charge is -2.12. The molecule has 0 radical (unpaired) electrons. The van der Waals surface area contributed by atoms with E-state index < -0.39 is 6.23 Å². The van der Waals surface area contributed by atoms with Gasteiger partial charge in [-0.3, -0.25) is 4.40 Å². The number of aromatic nitrogens is 3. The van der Waals surface area contributed by atoms with Gasteiger partial charge in [0.25, 0.3) is 0 Å². The minimum atomic E-state index is -1.09. The van der Waals surface area contributed by atoms with E-state index in [2.05, 4.69) is 9.97 Å². The van der Waals surface area contributed by atoms with E-state index in [9.17, 15) is 5.11 Å². The van der Waals surface area contributed by atoms with E-state index in [4.69, 9.17) is 10.5 Å². The fraction of sp³-hybridized carbons (Fsp3) is 0.100. The molecule has 1 unspecified atom stereocenters. The van der Waals surface area contributed by atoms with Crippen molar-refractivity contribution >= 4 is 5.65 Å². The number of pyridine rings is 2. The molecule has 6 heteroatoms. The number of hydrogen-bond donors (Lipinski definition) is 2. The van der Waals surface area contributed by atoms with Gasteiger partial charge in [0, 0.05) is 17.8 Å². The number of benzene rings is 1. The Kier molecular flexibility index (Phi) is 4.12. The molecule has 0 aliphatic heterocycles. The van der Waals surface area contributed by atoms with Crippen LogP contribution in [-0.4, -0.2) is 26.6 Å². The molecular weight excluding hydrogens is 328 g/mol. The van der Waals surface area contributed by atoms with Crippen LogP contribution in [0, 0.1) is 0 Å². The lowest BCUT2D eigenvalue weighted by Crippen LogP contribution is -2.11. The highest BCUT2D eigenvalue weighted by atomic mass is 16.5. The van der Waals surface area contributed by atoms with Crippen molar-refractivity contribution < 1.29 is 9.84 Å². The first kappa shape index (κ1) is 16.3. The van der Waals surface area contributed by atoms with Crippen molar-refractivity contribution in [3.05, 3.63) is 72.7 Å². The van der Waals surface area contributed by atoms with E-state index in [1.54, 1.807) is 17.7 Å². The van der Waals surface area contributed by atoms with Gasteiger partial charge < -0.3 is 15.6 Å². The van der Waals surface area contributed by atoms with Gasteiger partial charge >= 0.3 is 0 Å². The van der Waals surface area contributed by atoms with Crippen LogP contribution in [0.4, 0.5) is 0 Å². The molecule has 0 aliphatic rings.